The molecule has 4 heteroatoms. The van der Waals surface area contributed by atoms with E-state index in [4.69, 9.17) is 10.5 Å². The second-order valence-corrected chi connectivity index (χ2v) is 2.04. The van der Waals surface area contributed by atoms with E-state index in [-0.39, 0.29) is 11.1 Å². The quantitative estimate of drug-likeness (QED) is 0.585. The van der Waals surface area contributed by atoms with Crippen LogP contribution in [0.25, 0.3) is 0 Å². The van der Waals surface area contributed by atoms with Crippen molar-refractivity contribution in [2.24, 2.45) is 0 Å². The van der Waals surface area contributed by atoms with Crippen LogP contribution in [0.2, 0.25) is 0 Å². The average molecular weight is 164 g/mol. The summed E-state index contributed by atoms with van der Waals surface area (Å²) < 4.78 is 25.2. The maximum Gasteiger partial charge on any atom is 0.143 e. The molecule has 0 heterocycles. The molecule has 1 aromatic carbocycles. The Morgan fingerprint density at radius 3 is 1.67 bits per heavy atom. The minimum atomic E-state index is -0.950. The lowest BCUT2D eigenvalue weighted by Gasteiger charge is -1.94. The van der Waals surface area contributed by atoms with Gasteiger partial charge in [0.2, 0.25) is 0 Å². The number of rotatable bonds is 0. The molecule has 1 aromatic rings. The Labute approximate surface area is 67.3 Å². The Morgan fingerprint density at radius 2 is 1.33 bits per heavy atom. The summed E-state index contributed by atoms with van der Waals surface area (Å²) in [5.41, 5.74) is -0.652. The predicted molar refractivity (Wildman–Crippen MR) is 35.8 cm³/mol. The lowest BCUT2D eigenvalue weighted by atomic mass is 10.1. The highest BCUT2D eigenvalue weighted by Crippen LogP contribution is 2.12. The van der Waals surface area contributed by atoms with Crippen molar-refractivity contribution in [2.45, 2.75) is 0 Å². The van der Waals surface area contributed by atoms with Gasteiger partial charge in [0.1, 0.15) is 23.8 Å². The van der Waals surface area contributed by atoms with Gasteiger partial charge < -0.3 is 0 Å². The van der Waals surface area contributed by atoms with Gasteiger partial charge >= 0.3 is 0 Å². The SMILES string of the molecule is N#Cc1cc(C#N)c(F)cc1F. The van der Waals surface area contributed by atoms with E-state index in [0.717, 1.165) is 6.07 Å². The summed E-state index contributed by atoms with van der Waals surface area (Å²) in [5, 5.41) is 16.6. The summed E-state index contributed by atoms with van der Waals surface area (Å²) >= 11 is 0. The summed E-state index contributed by atoms with van der Waals surface area (Å²) in [5.74, 6) is -1.90. The first-order valence-corrected chi connectivity index (χ1v) is 2.98. The summed E-state index contributed by atoms with van der Waals surface area (Å²) in [6.45, 7) is 0. The van der Waals surface area contributed by atoms with Crippen LogP contribution < -0.4 is 0 Å². The van der Waals surface area contributed by atoms with Gasteiger partial charge in [-0.15, -0.1) is 0 Å². The van der Waals surface area contributed by atoms with Crippen molar-refractivity contribution >= 4 is 0 Å². The minimum absolute atomic E-state index is 0.326. The molecule has 12 heavy (non-hydrogen) atoms. The smallest absolute Gasteiger partial charge is 0.143 e. The predicted octanol–water partition coefficient (Wildman–Crippen LogP) is 1.71. The van der Waals surface area contributed by atoms with Crippen LogP contribution in [0.3, 0.4) is 0 Å². The first-order valence-electron chi connectivity index (χ1n) is 2.98. The zero-order valence-electron chi connectivity index (χ0n) is 5.81. The molecule has 0 fully saturated rings. The van der Waals surface area contributed by atoms with Gasteiger partial charge in [0.15, 0.2) is 0 Å². The van der Waals surface area contributed by atoms with E-state index in [9.17, 15) is 8.78 Å². The fourth-order valence-electron chi connectivity index (χ4n) is 0.720. The van der Waals surface area contributed by atoms with Crippen LogP contribution in [0.4, 0.5) is 8.78 Å². The highest BCUT2D eigenvalue weighted by molar-refractivity contribution is 5.40. The Bertz CT molecular complexity index is 363. The molecular formula is C8H2F2N2. The highest BCUT2D eigenvalue weighted by Gasteiger charge is 2.08. The van der Waals surface area contributed by atoms with E-state index in [1.807, 2.05) is 0 Å². The van der Waals surface area contributed by atoms with Crippen molar-refractivity contribution in [3.63, 3.8) is 0 Å². The molecular weight excluding hydrogens is 162 g/mol. The van der Waals surface area contributed by atoms with Crippen LogP contribution in [0.1, 0.15) is 11.1 Å². The van der Waals surface area contributed by atoms with Gasteiger partial charge in [-0.05, 0) is 6.07 Å². The first kappa shape index (κ1) is 8.16. The van der Waals surface area contributed by atoms with E-state index in [0.29, 0.717) is 6.07 Å². The van der Waals surface area contributed by atoms with Crippen molar-refractivity contribution in [1.82, 2.24) is 0 Å². The third kappa shape index (κ3) is 1.23. The molecule has 0 unspecified atom stereocenters. The monoisotopic (exact) mass is 164 g/mol. The van der Waals surface area contributed by atoms with E-state index < -0.39 is 11.6 Å². The van der Waals surface area contributed by atoms with Crippen LogP contribution >= 0.6 is 0 Å². The number of halogens is 2. The minimum Gasteiger partial charge on any atom is -0.205 e. The van der Waals surface area contributed by atoms with Gasteiger partial charge in [0.25, 0.3) is 0 Å². The summed E-state index contributed by atoms with van der Waals surface area (Å²) in [6.07, 6.45) is 0. The Kier molecular flexibility index (Phi) is 2.02. The number of hydrogen-bond donors (Lipinski definition) is 0. The normalized spacial score (nSPS) is 8.67. The van der Waals surface area contributed by atoms with Crippen molar-refractivity contribution in [1.29, 1.82) is 10.5 Å². The third-order valence-corrected chi connectivity index (χ3v) is 1.30. The summed E-state index contributed by atoms with van der Waals surface area (Å²) in [6, 6.07) is 4.41. The van der Waals surface area contributed by atoms with Crippen LogP contribution in [0.15, 0.2) is 12.1 Å². The van der Waals surface area contributed by atoms with Crippen LogP contribution in [0, 0.1) is 34.3 Å². The van der Waals surface area contributed by atoms with Gasteiger partial charge in [0, 0.05) is 6.07 Å². The Morgan fingerprint density at radius 1 is 0.917 bits per heavy atom. The standard InChI is InChI=1S/C8H2F2N2/c9-7-2-8(10)6(4-12)1-5(7)3-11/h1-2H. The Balaban J connectivity index is 3.42. The van der Waals surface area contributed by atoms with Crippen molar-refractivity contribution in [2.75, 3.05) is 0 Å². The molecule has 0 spiro atoms. The van der Waals surface area contributed by atoms with E-state index in [1.165, 1.54) is 12.1 Å². The van der Waals surface area contributed by atoms with Gasteiger partial charge in [-0.3, -0.25) is 0 Å². The van der Waals surface area contributed by atoms with Crippen LogP contribution in [-0.4, -0.2) is 0 Å². The molecule has 0 N–H and O–H groups in total. The van der Waals surface area contributed by atoms with Crippen LogP contribution in [0.5, 0.6) is 0 Å². The molecule has 58 valence electrons. The van der Waals surface area contributed by atoms with Gasteiger partial charge in [0.05, 0.1) is 11.1 Å². The number of hydrogen-bond acceptors (Lipinski definition) is 2. The lowest BCUT2D eigenvalue weighted by Crippen LogP contribution is -1.90. The molecule has 0 bridgehead atoms. The molecule has 2 nitrogen and oxygen atoms in total. The topological polar surface area (TPSA) is 47.6 Å². The summed E-state index contributed by atoms with van der Waals surface area (Å²) in [7, 11) is 0. The second-order valence-electron chi connectivity index (χ2n) is 2.04. The lowest BCUT2D eigenvalue weighted by molar-refractivity contribution is 0.578. The van der Waals surface area contributed by atoms with E-state index in [1.54, 1.807) is 0 Å². The molecule has 0 aliphatic rings. The fourth-order valence-corrected chi connectivity index (χ4v) is 0.720. The maximum atomic E-state index is 12.6. The zero-order valence-corrected chi connectivity index (χ0v) is 5.81. The molecule has 0 atom stereocenters. The molecule has 0 saturated carbocycles. The van der Waals surface area contributed by atoms with E-state index in [2.05, 4.69) is 0 Å². The zero-order chi connectivity index (χ0) is 9.14. The number of nitriles is 2. The number of benzene rings is 1. The van der Waals surface area contributed by atoms with Crippen molar-refractivity contribution < 1.29 is 8.78 Å². The molecule has 0 aromatic heterocycles. The third-order valence-electron chi connectivity index (χ3n) is 1.30. The van der Waals surface area contributed by atoms with E-state index >= 15 is 0 Å². The Hall–Kier alpha value is -1.94. The fraction of sp³-hybridized carbons (Fsp3) is 0. The molecule has 0 aliphatic heterocycles. The van der Waals surface area contributed by atoms with Gasteiger partial charge in [-0.25, -0.2) is 8.78 Å². The maximum absolute atomic E-state index is 12.6. The largest absolute Gasteiger partial charge is 0.205 e. The second kappa shape index (κ2) is 2.98. The first-order chi connectivity index (χ1) is 5.69. The molecule has 0 saturated heterocycles. The number of nitrogens with zero attached hydrogens (tertiary/aromatic N) is 2. The highest BCUT2D eigenvalue weighted by atomic mass is 19.1. The van der Waals surface area contributed by atoms with Crippen molar-refractivity contribution in [3.05, 3.63) is 34.9 Å². The summed E-state index contributed by atoms with van der Waals surface area (Å²) in [4.78, 5) is 0. The molecule has 1 rings (SSSR count). The van der Waals surface area contributed by atoms with Gasteiger partial charge in [-0.2, -0.15) is 10.5 Å². The molecule has 0 amide bonds. The van der Waals surface area contributed by atoms with Crippen LogP contribution in [-0.2, 0) is 0 Å². The van der Waals surface area contributed by atoms with Crippen molar-refractivity contribution in [3.8, 4) is 12.1 Å². The average Bonchev–Trinajstić information content (AvgIpc) is 2.05. The molecule has 0 radical (unpaired) electrons. The molecule has 0 aliphatic carbocycles. The van der Waals surface area contributed by atoms with Gasteiger partial charge in [-0.1, -0.05) is 0 Å².